The summed E-state index contributed by atoms with van der Waals surface area (Å²) >= 11 is 1.58. The summed E-state index contributed by atoms with van der Waals surface area (Å²) in [6, 6.07) is 13.9. The van der Waals surface area contributed by atoms with Crippen LogP contribution in [-0.4, -0.2) is 34.5 Å². The van der Waals surface area contributed by atoms with Crippen LogP contribution in [0.1, 0.15) is 28.8 Å². The number of hydrogen-bond donors (Lipinski definition) is 2. The number of benzene rings is 2. The summed E-state index contributed by atoms with van der Waals surface area (Å²) in [6.07, 6.45) is 3.01. The third-order valence-electron chi connectivity index (χ3n) is 5.86. The number of hydrogen-bond acceptors (Lipinski definition) is 4. The number of ether oxygens (including phenoxy) is 1. The van der Waals surface area contributed by atoms with Crippen molar-refractivity contribution in [2.24, 2.45) is 5.92 Å². The van der Waals surface area contributed by atoms with Gasteiger partial charge in [-0.25, -0.2) is 4.79 Å². The van der Waals surface area contributed by atoms with Crippen LogP contribution in [0, 0.1) is 5.92 Å². The molecule has 6 heteroatoms. The smallest absolute Gasteiger partial charge is 0.335 e. The molecule has 0 bridgehead atoms. The number of carboxylic acid groups (broad SMARTS) is 1. The van der Waals surface area contributed by atoms with E-state index >= 15 is 0 Å². The summed E-state index contributed by atoms with van der Waals surface area (Å²) in [7, 11) is 1.56. The van der Waals surface area contributed by atoms with Crippen LogP contribution in [0.15, 0.2) is 42.5 Å². The molecule has 2 aromatic heterocycles. The number of methoxy groups -OCH3 is 1. The van der Waals surface area contributed by atoms with Crippen molar-refractivity contribution in [3.8, 4) is 16.3 Å². The number of carboxylic acids is 1. The van der Waals surface area contributed by atoms with Gasteiger partial charge in [0, 0.05) is 34.1 Å². The zero-order valence-electron chi connectivity index (χ0n) is 16.7. The summed E-state index contributed by atoms with van der Waals surface area (Å²) in [4.78, 5) is 12.7. The highest BCUT2D eigenvalue weighted by atomic mass is 32.1. The predicted molar refractivity (Wildman–Crippen MR) is 120 cm³/mol. The van der Waals surface area contributed by atoms with Gasteiger partial charge in [-0.2, -0.15) is 0 Å². The first-order valence-electron chi connectivity index (χ1n) is 10.2. The fourth-order valence-electron chi connectivity index (χ4n) is 4.25. The summed E-state index contributed by atoms with van der Waals surface area (Å²) in [5.41, 5.74) is 3.57. The van der Waals surface area contributed by atoms with Gasteiger partial charge in [0.25, 0.3) is 0 Å². The summed E-state index contributed by atoms with van der Waals surface area (Å²) in [5.74, 6) is 0.279. The molecule has 0 aliphatic heterocycles. The van der Waals surface area contributed by atoms with Crippen LogP contribution in [0.4, 0.5) is 0 Å². The van der Waals surface area contributed by atoms with Crippen LogP contribution in [0.25, 0.3) is 31.6 Å². The van der Waals surface area contributed by atoms with Gasteiger partial charge in [-0.05, 0) is 55.0 Å². The molecule has 0 unspecified atom stereocenters. The maximum Gasteiger partial charge on any atom is 0.335 e. The molecule has 1 aliphatic carbocycles. The van der Waals surface area contributed by atoms with Gasteiger partial charge in [0.2, 0.25) is 0 Å². The van der Waals surface area contributed by atoms with Gasteiger partial charge in [0.05, 0.1) is 23.2 Å². The number of nitrogens with zero attached hydrogens (tertiary/aromatic N) is 1. The van der Waals surface area contributed by atoms with Crippen molar-refractivity contribution < 1.29 is 19.7 Å². The lowest BCUT2D eigenvalue weighted by molar-refractivity contribution is 0.0696. The van der Waals surface area contributed by atoms with Crippen LogP contribution in [-0.2, 0) is 13.0 Å². The van der Waals surface area contributed by atoms with Crippen LogP contribution in [0.3, 0.4) is 0 Å². The standard InChI is InChI=1S/C24H23NO4S/c1-29-20-11-16(24(27)28)12-21-22(20)17(8-9-26)23(30-21)19-10-15-4-2-3-5-18(15)25(19)13-14-6-7-14/h2-5,10-12,14,26H,6-9,13H2,1H3,(H,27,28). The Kier molecular flexibility index (Phi) is 4.76. The lowest BCUT2D eigenvalue weighted by atomic mass is 10.0. The fourth-order valence-corrected chi connectivity index (χ4v) is 5.58. The minimum atomic E-state index is -0.975. The molecule has 2 aromatic carbocycles. The van der Waals surface area contributed by atoms with Gasteiger partial charge in [-0.1, -0.05) is 18.2 Å². The normalized spacial score (nSPS) is 13.9. The molecular formula is C24H23NO4S. The second-order valence-corrected chi connectivity index (χ2v) is 8.93. The Bertz CT molecular complexity index is 1270. The van der Waals surface area contributed by atoms with Crippen molar-refractivity contribution in [2.45, 2.75) is 25.8 Å². The predicted octanol–water partition coefficient (Wildman–Crippen LogP) is 5.17. The zero-order valence-corrected chi connectivity index (χ0v) is 17.5. The number of para-hydroxylation sites is 1. The Morgan fingerprint density at radius 3 is 2.73 bits per heavy atom. The molecule has 0 amide bonds. The SMILES string of the molecule is COc1cc(C(=O)O)cc2sc(-c3cc4ccccc4n3CC3CC3)c(CCO)c12. The van der Waals surface area contributed by atoms with E-state index in [1.807, 2.05) is 0 Å². The Morgan fingerprint density at radius 2 is 2.03 bits per heavy atom. The monoisotopic (exact) mass is 421 g/mol. The molecule has 2 heterocycles. The second kappa shape index (κ2) is 7.45. The third-order valence-corrected chi connectivity index (χ3v) is 7.06. The van der Waals surface area contributed by atoms with Crippen molar-refractivity contribution in [1.29, 1.82) is 0 Å². The van der Waals surface area contributed by atoms with Gasteiger partial charge in [-0.15, -0.1) is 11.3 Å². The van der Waals surface area contributed by atoms with Gasteiger partial charge in [0.15, 0.2) is 0 Å². The van der Waals surface area contributed by atoms with E-state index in [1.165, 1.54) is 23.7 Å². The Labute approximate surface area is 178 Å². The minimum Gasteiger partial charge on any atom is -0.496 e. The Balaban J connectivity index is 1.80. The number of carbonyl (C=O) groups is 1. The largest absolute Gasteiger partial charge is 0.496 e. The third kappa shape index (κ3) is 3.16. The number of thiophene rings is 1. The molecule has 5 nitrogen and oxygen atoms in total. The van der Waals surface area contributed by atoms with E-state index in [1.54, 1.807) is 30.6 Å². The topological polar surface area (TPSA) is 71.7 Å². The second-order valence-electron chi connectivity index (χ2n) is 7.88. The summed E-state index contributed by atoms with van der Waals surface area (Å²) in [5, 5.41) is 21.4. The van der Waals surface area contributed by atoms with Gasteiger partial charge in [0.1, 0.15) is 5.75 Å². The molecule has 154 valence electrons. The van der Waals surface area contributed by atoms with E-state index in [-0.39, 0.29) is 12.2 Å². The molecule has 1 fully saturated rings. The van der Waals surface area contributed by atoms with Crippen molar-refractivity contribution in [1.82, 2.24) is 4.57 Å². The number of aliphatic hydroxyl groups excluding tert-OH is 1. The molecule has 1 aliphatic rings. The lowest BCUT2D eigenvalue weighted by Crippen LogP contribution is -2.02. The zero-order chi connectivity index (χ0) is 20.8. The number of fused-ring (bicyclic) bond motifs is 2. The fraction of sp³-hybridized carbons (Fsp3) is 0.292. The van der Waals surface area contributed by atoms with Crippen LogP contribution in [0.2, 0.25) is 0 Å². The van der Waals surface area contributed by atoms with Crippen LogP contribution >= 0.6 is 11.3 Å². The number of aromatic carboxylic acids is 1. The maximum absolute atomic E-state index is 11.6. The molecule has 5 rings (SSSR count). The molecule has 30 heavy (non-hydrogen) atoms. The Morgan fingerprint density at radius 1 is 1.23 bits per heavy atom. The molecule has 0 saturated heterocycles. The maximum atomic E-state index is 11.6. The average Bonchev–Trinajstić information content (AvgIpc) is 3.40. The first-order chi connectivity index (χ1) is 14.6. The minimum absolute atomic E-state index is 0.0194. The quantitative estimate of drug-likeness (QED) is 0.432. The number of aromatic nitrogens is 1. The van der Waals surface area contributed by atoms with Crippen molar-refractivity contribution >= 4 is 38.3 Å². The highest BCUT2D eigenvalue weighted by molar-refractivity contribution is 7.22. The van der Waals surface area contributed by atoms with Gasteiger partial charge >= 0.3 is 5.97 Å². The summed E-state index contributed by atoms with van der Waals surface area (Å²) in [6.45, 7) is 0.999. The highest BCUT2D eigenvalue weighted by Gasteiger charge is 2.26. The molecule has 4 aromatic rings. The van der Waals surface area contributed by atoms with E-state index in [2.05, 4.69) is 34.9 Å². The van der Waals surface area contributed by atoms with E-state index in [4.69, 9.17) is 4.74 Å². The van der Waals surface area contributed by atoms with E-state index in [9.17, 15) is 15.0 Å². The average molecular weight is 422 g/mol. The first kappa shape index (κ1) is 19.2. The van der Waals surface area contributed by atoms with Gasteiger partial charge < -0.3 is 19.5 Å². The van der Waals surface area contributed by atoms with E-state index < -0.39 is 5.97 Å². The highest BCUT2D eigenvalue weighted by Crippen LogP contribution is 2.46. The van der Waals surface area contributed by atoms with E-state index in [0.717, 1.165) is 32.8 Å². The van der Waals surface area contributed by atoms with Gasteiger partial charge in [-0.3, -0.25) is 0 Å². The molecule has 2 N–H and O–H groups in total. The van der Waals surface area contributed by atoms with Crippen molar-refractivity contribution in [2.75, 3.05) is 13.7 Å². The molecule has 0 atom stereocenters. The van der Waals surface area contributed by atoms with E-state index in [0.29, 0.717) is 18.1 Å². The van der Waals surface area contributed by atoms with Crippen molar-refractivity contribution in [3.63, 3.8) is 0 Å². The molecule has 0 radical (unpaired) electrons. The molecular weight excluding hydrogens is 398 g/mol. The summed E-state index contributed by atoms with van der Waals surface area (Å²) < 4.78 is 8.83. The lowest BCUT2D eigenvalue weighted by Gasteiger charge is -2.11. The Hall–Kier alpha value is -2.83. The molecule has 0 spiro atoms. The number of aliphatic hydroxyl groups is 1. The van der Waals surface area contributed by atoms with Crippen LogP contribution < -0.4 is 4.74 Å². The molecule has 1 saturated carbocycles. The van der Waals surface area contributed by atoms with Crippen molar-refractivity contribution in [3.05, 3.63) is 53.6 Å². The first-order valence-corrected chi connectivity index (χ1v) is 11.0. The number of rotatable bonds is 7. The van der Waals surface area contributed by atoms with Crippen LogP contribution in [0.5, 0.6) is 5.75 Å².